The Morgan fingerprint density at radius 3 is 2.17 bits per heavy atom. The first-order valence-corrected chi connectivity index (χ1v) is 6.26. The SMILES string of the molecule is CC(Br)C(=O)N1C(=O)N(C)[C@H]2C(=O)N(C)C(=O)[C@H]21. The van der Waals surface area contributed by atoms with Gasteiger partial charge in [-0.2, -0.15) is 0 Å². The quantitative estimate of drug-likeness (QED) is 0.478. The van der Waals surface area contributed by atoms with E-state index in [4.69, 9.17) is 0 Å². The highest BCUT2D eigenvalue weighted by Gasteiger charge is 2.60. The summed E-state index contributed by atoms with van der Waals surface area (Å²) >= 11 is 3.07. The van der Waals surface area contributed by atoms with Crippen molar-refractivity contribution in [1.29, 1.82) is 0 Å². The Labute approximate surface area is 112 Å². The first-order valence-electron chi connectivity index (χ1n) is 5.34. The van der Waals surface area contributed by atoms with Crippen molar-refractivity contribution in [3.8, 4) is 0 Å². The summed E-state index contributed by atoms with van der Waals surface area (Å²) in [6, 6.07) is -2.55. The van der Waals surface area contributed by atoms with Crippen molar-refractivity contribution in [3.63, 3.8) is 0 Å². The third kappa shape index (κ3) is 1.48. The van der Waals surface area contributed by atoms with Gasteiger partial charge in [-0.3, -0.25) is 19.3 Å². The van der Waals surface area contributed by atoms with Gasteiger partial charge in [0.1, 0.15) is 12.1 Å². The molecule has 2 aliphatic heterocycles. The van der Waals surface area contributed by atoms with E-state index in [9.17, 15) is 19.2 Å². The Kier molecular flexibility index (Phi) is 2.92. The van der Waals surface area contributed by atoms with Crippen molar-refractivity contribution in [2.75, 3.05) is 14.1 Å². The zero-order valence-electron chi connectivity index (χ0n) is 10.1. The van der Waals surface area contributed by atoms with Gasteiger partial charge in [0.15, 0.2) is 0 Å². The van der Waals surface area contributed by atoms with Gasteiger partial charge >= 0.3 is 6.03 Å². The molecule has 2 aliphatic rings. The number of alkyl halides is 1. The summed E-state index contributed by atoms with van der Waals surface area (Å²) in [6.45, 7) is 1.56. The van der Waals surface area contributed by atoms with Gasteiger partial charge in [0.05, 0.1) is 4.83 Å². The van der Waals surface area contributed by atoms with Gasteiger partial charge in [-0.25, -0.2) is 9.69 Å². The van der Waals surface area contributed by atoms with Gasteiger partial charge in [0.25, 0.3) is 11.8 Å². The molecule has 0 bridgehead atoms. The van der Waals surface area contributed by atoms with Gasteiger partial charge in [-0.15, -0.1) is 0 Å². The van der Waals surface area contributed by atoms with Crippen LogP contribution in [0.15, 0.2) is 0 Å². The average molecular weight is 318 g/mol. The number of hydrogen-bond donors (Lipinski definition) is 0. The van der Waals surface area contributed by atoms with E-state index in [2.05, 4.69) is 15.9 Å². The van der Waals surface area contributed by atoms with E-state index < -0.39 is 40.7 Å². The van der Waals surface area contributed by atoms with Crippen LogP contribution >= 0.6 is 15.9 Å². The number of likely N-dealkylation sites (N-methyl/N-ethyl adjacent to an activating group) is 2. The highest BCUT2D eigenvalue weighted by molar-refractivity contribution is 9.10. The summed E-state index contributed by atoms with van der Waals surface area (Å²) in [4.78, 5) is 50.1. The molecule has 0 aliphatic carbocycles. The van der Waals surface area contributed by atoms with Crippen LogP contribution < -0.4 is 0 Å². The van der Waals surface area contributed by atoms with Gasteiger partial charge in [0.2, 0.25) is 5.91 Å². The third-order valence-electron chi connectivity index (χ3n) is 3.25. The smallest absolute Gasteiger partial charge is 0.313 e. The number of urea groups is 1. The standard InChI is InChI=1S/C10H12BrN3O4/c1-4(11)7(15)14-6-5(12(2)10(14)18)8(16)13(3)9(6)17/h4-6H,1-3H3/t4?,5-,6+/m1/s1. The predicted octanol–water partition coefficient (Wildman–Crippen LogP) is -0.600. The molecule has 7 nitrogen and oxygen atoms in total. The molecule has 5 amide bonds. The molecule has 2 saturated heterocycles. The number of nitrogens with zero attached hydrogens (tertiary/aromatic N) is 3. The number of carbonyl (C=O) groups excluding carboxylic acids is 4. The minimum atomic E-state index is -1.03. The van der Waals surface area contributed by atoms with Crippen LogP contribution in [-0.2, 0) is 14.4 Å². The molecule has 1 unspecified atom stereocenters. The Balaban J connectivity index is 2.44. The molecule has 2 heterocycles. The minimum Gasteiger partial charge on any atom is -0.313 e. The zero-order valence-corrected chi connectivity index (χ0v) is 11.7. The van der Waals surface area contributed by atoms with E-state index in [1.165, 1.54) is 14.1 Å². The largest absolute Gasteiger partial charge is 0.328 e. The topological polar surface area (TPSA) is 78.0 Å². The van der Waals surface area contributed by atoms with Crippen LogP contribution in [0.4, 0.5) is 4.79 Å². The molecule has 2 fully saturated rings. The van der Waals surface area contributed by atoms with Crippen LogP contribution in [0.3, 0.4) is 0 Å². The van der Waals surface area contributed by atoms with Crippen molar-refractivity contribution in [3.05, 3.63) is 0 Å². The molecule has 3 atom stereocenters. The van der Waals surface area contributed by atoms with Crippen LogP contribution in [0.25, 0.3) is 0 Å². The molecule has 2 rings (SSSR count). The molecule has 0 N–H and O–H groups in total. The monoisotopic (exact) mass is 317 g/mol. The number of amides is 5. The molecule has 0 spiro atoms. The summed E-state index contributed by atoms with van der Waals surface area (Å²) in [5, 5.41) is 0. The first-order chi connectivity index (χ1) is 8.29. The van der Waals surface area contributed by atoms with E-state index in [0.29, 0.717) is 0 Å². The number of imide groups is 2. The molecule has 18 heavy (non-hydrogen) atoms. The molecule has 8 heteroatoms. The van der Waals surface area contributed by atoms with E-state index in [1.807, 2.05) is 0 Å². The second-order valence-electron chi connectivity index (χ2n) is 4.34. The summed E-state index contributed by atoms with van der Waals surface area (Å²) in [6.07, 6.45) is 0. The summed E-state index contributed by atoms with van der Waals surface area (Å²) < 4.78 is 0. The van der Waals surface area contributed by atoms with Crippen LogP contribution in [0.5, 0.6) is 0 Å². The highest BCUT2D eigenvalue weighted by Crippen LogP contribution is 2.30. The van der Waals surface area contributed by atoms with Crippen molar-refractivity contribution in [2.45, 2.75) is 23.8 Å². The average Bonchev–Trinajstić information content (AvgIpc) is 2.69. The fourth-order valence-corrected chi connectivity index (χ4v) is 2.46. The predicted molar refractivity (Wildman–Crippen MR) is 63.7 cm³/mol. The highest BCUT2D eigenvalue weighted by atomic mass is 79.9. The molecule has 0 radical (unpaired) electrons. The number of likely N-dealkylation sites (tertiary alicyclic amines) is 1. The van der Waals surface area contributed by atoms with Gasteiger partial charge in [-0.05, 0) is 6.92 Å². The Morgan fingerprint density at radius 1 is 1.17 bits per heavy atom. The summed E-state index contributed by atoms with van der Waals surface area (Å²) in [5.74, 6) is -1.50. The van der Waals surface area contributed by atoms with E-state index in [1.54, 1.807) is 6.92 Å². The van der Waals surface area contributed by atoms with Crippen LogP contribution in [0.2, 0.25) is 0 Å². The maximum atomic E-state index is 12.0. The van der Waals surface area contributed by atoms with Crippen LogP contribution in [0.1, 0.15) is 6.92 Å². The fraction of sp³-hybridized carbons (Fsp3) is 0.600. The molecule has 98 valence electrons. The number of hydrogen-bond acceptors (Lipinski definition) is 4. The van der Waals surface area contributed by atoms with Gasteiger partial charge < -0.3 is 4.90 Å². The van der Waals surface area contributed by atoms with Crippen molar-refractivity contribution >= 4 is 39.7 Å². The number of carbonyl (C=O) groups is 4. The molecular formula is C10H12BrN3O4. The number of fused-ring (bicyclic) bond motifs is 1. The lowest BCUT2D eigenvalue weighted by atomic mass is 10.1. The van der Waals surface area contributed by atoms with Crippen LogP contribution in [0, 0.1) is 0 Å². The van der Waals surface area contributed by atoms with Gasteiger partial charge in [-0.1, -0.05) is 15.9 Å². The second-order valence-corrected chi connectivity index (χ2v) is 5.72. The molecule has 0 aromatic carbocycles. The third-order valence-corrected chi connectivity index (χ3v) is 3.64. The van der Waals surface area contributed by atoms with Crippen molar-refractivity contribution < 1.29 is 19.2 Å². The second kappa shape index (κ2) is 4.04. The molecule has 0 saturated carbocycles. The number of halogens is 1. The first kappa shape index (κ1) is 13.0. The molecule has 0 aromatic rings. The van der Waals surface area contributed by atoms with Crippen LogP contribution in [-0.4, -0.2) is 69.5 Å². The number of rotatable bonds is 1. The van der Waals surface area contributed by atoms with Gasteiger partial charge in [0, 0.05) is 14.1 Å². The molecular weight excluding hydrogens is 306 g/mol. The minimum absolute atomic E-state index is 0.460. The lowest BCUT2D eigenvalue weighted by Gasteiger charge is -2.21. The summed E-state index contributed by atoms with van der Waals surface area (Å²) in [7, 11) is 2.76. The maximum Gasteiger partial charge on any atom is 0.328 e. The van der Waals surface area contributed by atoms with Crippen molar-refractivity contribution in [1.82, 2.24) is 14.7 Å². The Bertz CT molecular complexity index is 464. The zero-order chi connectivity index (χ0) is 13.8. The maximum absolute atomic E-state index is 12.0. The van der Waals surface area contributed by atoms with E-state index in [0.717, 1.165) is 14.7 Å². The normalized spacial score (nSPS) is 29.1. The Morgan fingerprint density at radius 2 is 1.67 bits per heavy atom. The Hall–Kier alpha value is -1.44. The van der Waals surface area contributed by atoms with Crippen molar-refractivity contribution in [2.24, 2.45) is 0 Å². The molecule has 0 aromatic heterocycles. The lowest BCUT2D eigenvalue weighted by molar-refractivity contribution is -0.141. The fourth-order valence-electron chi connectivity index (χ4n) is 2.24. The summed E-state index contributed by atoms with van der Waals surface area (Å²) in [5.41, 5.74) is 0. The lowest BCUT2D eigenvalue weighted by Crippen LogP contribution is -2.47. The van der Waals surface area contributed by atoms with E-state index in [-0.39, 0.29) is 0 Å². The van der Waals surface area contributed by atoms with E-state index >= 15 is 0 Å².